The molecule has 0 spiro atoms. The Morgan fingerprint density at radius 3 is 2.73 bits per heavy atom. The van der Waals surface area contributed by atoms with E-state index >= 15 is 0 Å². The highest BCUT2D eigenvalue weighted by atomic mass is 15.5. The lowest BCUT2D eigenvalue weighted by molar-refractivity contribution is 0.188. The largest absolute Gasteiger partial charge is 0.361 e. The van der Waals surface area contributed by atoms with Crippen LogP contribution in [0.4, 0.5) is 5.69 Å². The summed E-state index contributed by atoms with van der Waals surface area (Å²) < 4.78 is 2.90. The smallest absolute Gasteiger partial charge is 0.175 e. The Balaban J connectivity index is 1.70. The SMILES string of the molecule is C[N+]1(c2cccnc2)C(n2cnnc2)CC[C@@H]1c1c[nH]c2ccccc12. The Labute approximate surface area is 151 Å². The number of hydrogen-bond donors (Lipinski definition) is 1. The number of likely N-dealkylation sites (tertiary alicyclic amines) is 1. The fourth-order valence-corrected chi connectivity index (χ4v) is 4.64. The van der Waals surface area contributed by atoms with Gasteiger partial charge in [-0.25, -0.2) is 0 Å². The zero-order valence-corrected chi connectivity index (χ0v) is 14.7. The van der Waals surface area contributed by atoms with Gasteiger partial charge in [0.25, 0.3) is 0 Å². The maximum Gasteiger partial charge on any atom is 0.175 e. The van der Waals surface area contributed by atoms with Gasteiger partial charge < -0.3 is 4.98 Å². The number of benzene rings is 1. The molecule has 1 aliphatic rings. The minimum absolute atomic E-state index is 0.243. The van der Waals surface area contributed by atoms with Crippen LogP contribution in [-0.2, 0) is 0 Å². The molecule has 0 aliphatic carbocycles. The topological polar surface area (TPSA) is 59.4 Å². The number of hydrogen-bond acceptors (Lipinski definition) is 3. The number of nitrogens with one attached hydrogen (secondary N) is 1. The molecule has 4 aromatic rings. The van der Waals surface area contributed by atoms with Crippen LogP contribution in [0.1, 0.15) is 30.6 Å². The molecule has 6 nitrogen and oxygen atoms in total. The summed E-state index contributed by atoms with van der Waals surface area (Å²) in [6, 6.07) is 13.1. The van der Waals surface area contributed by atoms with Crippen molar-refractivity contribution in [3.8, 4) is 0 Å². The number of aromatic nitrogens is 5. The van der Waals surface area contributed by atoms with Gasteiger partial charge in [-0.3, -0.25) is 14.0 Å². The van der Waals surface area contributed by atoms with Crippen LogP contribution in [0.5, 0.6) is 0 Å². The molecule has 0 bridgehead atoms. The lowest BCUT2D eigenvalue weighted by atomic mass is 10.0. The summed E-state index contributed by atoms with van der Waals surface area (Å²) >= 11 is 0. The Morgan fingerprint density at radius 1 is 1.08 bits per heavy atom. The normalized spacial score (nSPS) is 25.7. The van der Waals surface area contributed by atoms with Crippen molar-refractivity contribution in [1.82, 2.24) is 29.2 Å². The molecule has 4 heterocycles. The molecule has 3 aromatic heterocycles. The number of nitrogens with zero attached hydrogens (tertiary/aromatic N) is 5. The van der Waals surface area contributed by atoms with Crippen LogP contribution in [0, 0.1) is 0 Å². The fourth-order valence-electron chi connectivity index (χ4n) is 4.64. The van der Waals surface area contributed by atoms with Gasteiger partial charge in [-0.2, -0.15) is 0 Å². The lowest BCUT2D eigenvalue weighted by Gasteiger charge is -2.40. The van der Waals surface area contributed by atoms with Gasteiger partial charge in [0.1, 0.15) is 18.7 Å². The Hall–Kier alpha value is -2.99. The van der Waals surface area contributed by atoms with Crippen LogP contribution in [0.2, 0.25) is 0 Å². The quantitative estimate of drug-likeness (QED) is 0.574. The van der Waals surface area contributed by atoms with Gasteiger partial charge >= 0.3 is 0 Å². The van der Waals surface area contributed by atoms with Crippen LogP contribution in [0.3, 0.4) is 0 Å². The van der Waals surface area contributed by atoms with E-state index in [-0.39, 0.29) is 6.17 Å². The molecule has 0 amide bonds. The Kier molecular flexibility index (Phi) is 3.39. The van der Waals surface area contributed by atoms with Crippen molar-refractivity contribution in [3.63, 3.8) is 0 Å². The number of fused-ring (bicyclic) bond motifs is 1. The maximum absolute atomic E-state index is 4.40. The van der Waals surface area contributed by atoms with Crippen LogP contribution in [0.15, 0.2) is 67.6 Å². The van der Waals surface area contributed by atoms with Crippen molar-refractivity contribution < 1.29 is 0 Å². The average Bonchev–Trinajstić information content (AvgIpc) is 3.41. The van der Waals surface area contributed by atoms with E-state index in [4.69, 9.17) is 0 Å². The van der Waals surface area contributed by atoms with Crippen molar-refractivity contribution in [2.24, 2.45) is 0 Å². The van der Waals surface area contributed by atoms with E-state index in [2.05, 4.69) is 68.3 Å². The monoisotopic (exact) mass is 345 g/mol. The van der Waals surface area contributed by atoms with Crippen LogP contribution < -0.4 is 4.48 Å². The van der Waals surface area contributed by atoms with E-state index in [1.165, 1.54) is 22.2 Å². The van der Waals surface area contributed by atoms with Gasteiger partial charge in [-0.15, -0.1) is 10.2 Å². The van der Waals surface area contributed by atoms with Crippen molar-refractivity contribution >= 4 is 16.6 Å². The molecular weight excluding hydrogens is 324 g/mol. The van der Waals surface area contributed by atoms with E-state index in [1.54, 1.807) is 0 Å². The van der Waals surface area contributed by atoms with E-state index in [9.17, 15) is 0 Å². The number of aromatic amines is 1. The van der Waals surface area contributed by atoms with Crippen molar-refractivity contribution in [2.45, 2.75) is 25.0 Å². The Bertz CT molecular complexity index is 1020. The number of H-pyrrole nitrogens is 1. The van der Waals surface area contributed by atoms with Crippen LogP contribution >= 0.6 is 0 Å². The fraction of sp³-hybridized carbons (Fsp3) is 0.250. The highest BCUT2D eigenvalue weighted by molar-refractivity contribution is 5.84. The van der Waals surface area contributed by atoms with Gasteiger partial charge in [0.15, 0.2) is 11.9 Å². The maximum atomic E-state index is 4.40. The second-order valence-electron chi connectivity index (χ2n) is 7.13. The molecular formula is C20H21N6+. The molecule has 1 aliphatic heterocycles. The number of para-hydroxylation sites is 1. The Morgan fingerprint density at radius 2 is 1.92 bits per heavy atom. The third kappa shape index (κ3) is 2.12. The second kappa shape index (κ2) is 5.78. The highest BCUT2D eigenvalue weighted by Crippen LogP contribution is 2.51. The molecule has 3 atom stereocenters. The van der Waals surface area contributed by atoms with E-state index in [0.717, 1.165) is 17.3 Å². The summed E-state index contributed by atoms with van der Waals surface area (Å²) in [5, 5.41) is 9.39. The first-order valence-corrected chi connectivity index (χ1v) is 8.95. The summed E-state index contributed by atoms with van der Waals surface area (Å²) in [4.78, 5) is 7.85. The van der Waals surface area contributed by atoms with Gasteiger partial charge in [0.2, 0.25) is 0 Å². The molecule has 1 N–H and O–H groups in total. The van der Waals surface area contributed by atoms with Crippen LogP contribution in [-0.4, -0.2) is 31.8 Å². The van der Waals surface area contributed by atoms with Crippen molar-refractivity contribution in [2.75, 3.05) is 7.05 Å². The zero-order valence-electron chi connectivity index (χ0n) is 14.7. The lowest BCUT2D eigenvalue weighted by Crippen LogP contribution is -2.48. The van der Waals surface area contributed by atoms with Crippen molar-refractivity contribution in [1.29, 1.82) is 0 Å². The first-order valence-electron chi connectivity index (χ1n) is 8.95. The molecule has 0 radical (unpaired) electrons. The van der Waals surface area contributed by atoms with E-state index < -0.39 is 0 Å². The third-order valence-corrected chi connectivity index (χ3v) is 5.93. The summed E-state index contributed by atoms with van der Waals surface area (Å²) in [6.07, 6.45) is 12.1. The minimum atomic E-state index is 0.243. The van der Waals surface area contributed by atoms with Gasteiger partial charge in [0.05, 0.1) is 13.2 Å². The number of pyridine rings is 1. The van der Waals surface area contributed by atoms with Gasteiger partial charge in [-0.05, 0) is 12.1 Å². The van der Waals surface area contributed by atoms with E-state index in [1.807, 2.05) is 31.1 Å². The van der Waals surface area contributed by atoms with E-state index in [0.29, 0.717) is 6.04 Å². The van der Waals surface area contributed by atoms with Gasteiger partial charge in [-0.1, -0.05) is 18.2 Å². The summed E-state index contributed by atoms with van der Waals surface area (Å²) in [5.41, 5.74) is 3.76. The standard InChI is InChI=1S/C20H21N6/c1-26(15-5-4-10-21-11-15)19(8-9-20(26)25-13-23-24-14-25)17-12-22-18-7-3-2-6-16(17)18/h2-7,10-14,19-20,22H,8-9H2,1H3/q+1/t19-,20?,26?/m1/s1. The summed E-state index contributed by atoms with van der Waals surface area (Å²) in [5.74, 6) is 0. The summed E-state index contributed by atoms with van der Waals surface area (Å²) in [7, 11) is 2.31. The van der Waals surface area contributed by atoms with Gasteiger partial charge in [0, 0.05) is 47.8 Å². The molecule has 2 unspecified atom stereocenters. The predicted octanol–water partition coefficient (Wildman–Crippen LogP) is 3.83. The zero-order chi connectivity index (χ0) is 17.6. The minimum Gasteiger partial charge on any atom is -0.361 e. The highest BCUT2D eigenvalue weighted by Gasteiger charge is 2.50. The molecule has 5 rings (SSSR count). The molecule has 130 valence electrons. The molecule has 6 heteroatoms. The molecule has 0 saturated carbocycles. The first kappa shape index (κ1) is 15.3. The molecule has 26 heavy (non-hydrogen) atoms. The first-order chi connectivity index (χ1) is 12.8. The predicted molar refractivity (Wildman–Crippen MR) is 101 cm³/mol. The van der Waals surface area contributed by atoms with Crippen molar-refractivity contribution in [3.05, 3.63) is 73.2 Å². The average molecular weight is 345 g/mol. The second-order valence-corrected chi connectivity index (χ2v) is 7.13. The summed E-state index contributed by atoms with van der Waals surface area (Å²) in [6.45, 7) is 0. The molecule has 1 aromatic carbocycles. The van der Waals surface area contributed by atoms with Crippen LogP contribution in [0.25, 0.3) is 10.9 Å². The number of rotatable bonds is 3. The third-order valence-electron chi connectivity index (χ3n) is 5.93. The number of quaternary nitrogens is 1. The molecule has 1 fully saturated rings. The molecule has 1 saturated heterocycles.